The van der Waals surface area contributed by atoms with Gasteiger partial charge in [-0.1, -0.05) is 90.5 Å². The lowest BCUT2D eigenvalue weighted by atomic mass is 9.72. The summed E-state index contributed by atoms with van der Waals surface area (Å²) < 4.78 is 12.6. The molecule has 0 aliphatic carbocycles. The number of aliphatic imine (C=N–C) groups is 1. The minimum absolute atomic E-state index is 0.375. The molecule has 2 aliphatic heterocycles. The molecule has 0 saturated carbocycles. The second kappa shape index (κ2) is 7.04. The van der Waals surface area contributed by atoms with Crippen molar-refractivity contribution < 1.29 is 14.6 Å². The maximum Gasteiger partial charge on any atom is 0.224 e. The second-order valence-corrected chi connectivity index (χ2v) is 9.10. The monoisotopic (exact) mass is 413 g/mol. The molecular weight excluding hydrogens is 386 g/mol. The van der Waals surface area contributed by atoms with Crippen molar-refractivity contribution in [3.63, 3.8) is 0 Å². The molecule has 0 amide bonds. The van der Waals surface area contributed by atoms with E-state index in [1.807, 2.05) is 74.5 Å². The molecule has 0 radical (unpaired) electrons. The Morgan fingerprint density at radius 3 is 1.90 bits per heavy atom. The number of benzene rings is 3. The van der Waals surface area contributed by atoms with Crippen LogP contribution in [0.5, 0.6) is 0 Å². The molecule has 2 heterocycles. The van der Waals surface area contributed by atoms with E-state index in [0.717, 1.165) is 16.7 Å². The van der Waals surface area contributed by atoms with E-state index in [1.165, 1.54) is 5.56 Å². The summed E-state index contributed by atoms with van der Waals surface area (Å²) >= 11 is 0. The summed E-state index contributed by atoms with van der Waals surface area (Å²) in [5.41, 5.74) is 0.640. The molecule has 2 aliphatic rings. The molecule has 1 N–H and O–H groups in total. The topological polar surface area (TPSA) is 54.4 Å². The first kappa shape index (κ1) is 20.0. The standard InChI is InChI=1S/C27H27NO3/c1-19-14-16-20(17-15-19)23-27(31-23,24-28-25(2,3)18-30-24)26(29,21-10-6-4-7-11-21)22-12-8-5-9-13-22/h4-17,23,29H,18H2,1-3H3/t23-,27+/m0/s1. The van der Waals surface area contributed by atoms with Crippen molar-refractivity contribution in [2.45, 2.75) is 43.6 Å². The van der Waals surface area contributed by atoms with E-state index >= 15 is 0 Å². The third-order valence-electron chi connectivity index (χ3n) is 6.20. The van der Waals surface area contributed by atoms with E-state index < -0.39 is 11.2 Å². The van der Waals surface area contributed by atoms with Crippen LogP contribution in [-0.2, 0) is 15.1 Å². The van der Waals surface area contributed by atoms with Crippen LogP contribution in [-0.4, -0.2) is 28.8 Å². The molecule has 3 aromatic carbocycles. The van der Waals surface area contributed by atoms with Gasteiger partial charge in [-0.25, -0.2) is 4.99 Å². The normalized spacial score (nSPS) is 24.4. The first-order valence-corrected chi connectivity index (χ1v) is 10.7. The van der Waals surface area contributed by atoms with Gasteiger partial charge in [-0.15, -0.1) is 0 Å². The smallest absolute Gasteiger partial charge is 0.224 e. The summed E-state index contributed by atoms with van der Waals surface area (Å²) in [5.74, 6) is 0.457. The van der Waals surface area contributed by atoms with Crippen LogP contribution in [0.25, 0.3) is 0 Å². The molecule has 4 heteroatoms. The fourth-order valence-electron chi connectivity index (χ4n) is 4.52. The highest BCUT2D eigenvalue weighted by molar-refractivity contribution is 5.93. The number of aryl methyl sites for hydroxylation is 1. The number of hydrogen-bond acceptors (Lipinski definition) is 4. The lowest BCUT2D eigenvalue weighted by molar-refractivity contribution is 0.0145. The summed E-state index contributed by atoms with van der Waals surface area (Å²) in [6.07, 6.45) is -0.383. The van der Waals surface area contributed by atoms with Gasteiger partial charge in [0.25, 0.3) is 0 Å². The highest BCUT2D eigenvalue weighted by Crippen LogP contribution is 2.63. The third-order valence-corrected chi connectivity index (χ3v) is 6.20. The zero-order chi connectivity index (χ0) is 21.7. The molecule has 3 aromatic rings. The molecule has 0 bridgehead atoms. The number of rotatable bonds is 5. The Bertz CT molecular complexity index is 1070. The Hall–Kier alpha value is -2.95. The summed E-state index contributed by atoms with van der Waals surface area (Å²) in [5, 5.41) is 12.6. The van der Waals surface area contributed by atoms with Gasteiger partial charge in [0.05, 0.1) is 5.54 Å². The van der Waals surface area contributed by atoms with E-state index in [-0.39, 0.29) is 11.6 Å². The van der Waals surface area contributed by atoms with Crippen molar-refractivity contribution in [2.24, 2.45) is 4.99 Å². The van der Waals surface area contributed by atoms with Crippen LogP contribution in [0, 0.1) is 6.92 Å². The van der Waals surface area contributed by atoms with Crippen LogP contribution < -0.4 is 0 Å². The largest absolute Gasteiger partial charge is 0.476 e. The van der Waals surface area contributed by atoms with Crippen molar-refractivity contribution in [1.82, 2.24) is 0 Å². The predicted molar refractivity (Wildman–Crippen MR) is 121 cm³/mol. The number of epoxide rings is 1. The molecule has 1 fully saturated rings. The second-order valence-electron chi connectivity index (χ2n) is 9.10. The minimum Gasteiger partial charge on any atom is -0.476 e. The summed E-state index contributed by atoms with van der Waals surface area (Å²) in [6, 6.07) is 27.6. The maximum atomic E-state index is 12.6. The Labute approximate surface area is 183 Å². The fourth-order valence-corrected chi connectivity index (χ4v) is 4.52. The molecule has 1 saturated heterocycles. The van der Waals surface area contributed by atoms with Crippen molar-refractivity contribution >= 4 is 5.90 Å². The summed E-state index contributed by atoms with van der Waals surface area (Å²) in [6.45, 7) is 6.57. The van der Waals surface area contributed by atoms with Gasteiger partial charge in [-0.05, 0) is 37.5 Å². The summed E-state index contributed by atoms with van der Waals surface area (Å²) in [7, 11) is 0. The third kappa shape index (κ3) is 3.10. The van der Waals surface area contributed by atoms with Crippen LogP contribution in [0.15, 0.2) is 89.9 Å². The lowest BCUT2D eigenvalue weighted by Crippen LogP contribution is -2.49. The molecule has 31 heavy (non-hydrogen) atoms. The Balaban J connectivity index is 1.74. The maximum absolute atomic E-state index is 12.6. The van der Waals surface area contributed by atoms with Crippen LogP contribution in [0.1, 0.15) is 42.2 Å². The van der Waals surface area contributed by atoms with Gasteiger partial charge in [0.2, 0.25) is 11.5 Å². The molecule has 4 nitrogen and oxygen atoms in total. The zero-order valence-electron chi connectivity index (χ0n) is 18.1. The first-order chi connectivity index (χ1) is 14.9. The molecule has 5 rings (SSSR count). The fraction of sp³-hybridized carbons (Fsp3) is 0.296. The van der Waals surface area contributed by atoms with Crippen molar-refractivity contribution in [3.05, 3.63) is 107 Å². The summed E-state index contributed by atoms with van der Waals surface area (Å²) in [4.78, 5) is 4.87. The Morgan fingerprint density at radius 2 is 1.42 bits per heavy atom. The van der Waals surface area contributed by atoms with Gasteiger partial charge < -0.3 is 14.6 Å². The van der Waals surface area contributed by atoms with E-state index in [1.54, 1.807) is 0 Å². The predicted octanol–water partition coefficient (Wildman–Crippen LogP) is 4.95. The number of aliphatic hydroxyl groups is 1. The van der Waals surface area contributed by atoms with Crippen molar-refractivity contribution in [2.75, 3.05) is 6.61 Å². The van der Waals surface area contributed by atoms with Crippen molar-refractivity contribution in [3.8, 4) is 0 Å². The molecular formula is C27H27NO3. The average molecular weight is 414 g/mol. The number of hydrogen-bond donors (Lipinski definition) is 1. The van der Waals surface area contributed by atoms with Crippen molar-refractivity contribution in [1.29, 1.82) is 0 Å². The van der Waals surface area contributed by atoms with Gasteiger partial charge in [-0.2, -0.15) is 0 Å². The van der Waals surface area contributed by atoms with Gasteiger partial charge in [0.1, 0.15) is 12.7 Å². The average Bonchev–Trinajstić information content (AvgIpc) is 3.45. The highest BCUT2D eigenvalue weighted by Gasteiger charge is 2.75. The first-order valence-electron chi connectivity index (χ1n) is 10.7. The van der Waals surface area contributed by atoms with E-state index in [2.05, 4.69) is 31.2 Å². The van der Waals surface area contributed by atoms with Gasteiger partial charge in [0, 0.05) is 0 Å². The SMILES string of the molecule is Cc1ccc([C@@H]2O[C@]2(C2=NC(C)(C)CO2)C(O)(c2ccccc2)c2ccccc2)cc1. The van der Waals surface area contributed by atoms with Crippen LogP contribution in [0.2, 0.25) is 0 Å². The van der Waals surface area contributed by atoms with Gasteiger partial charge in [0.15, 0.2) is 5.60 Å². The van der Waals surface area contributed by atoms with Gasteiger partial charge >= 0.3 is 0 Å². The Morgan fingerprint density at radius 1 is 0.871 bits per heavy atom. The van der Waals surface area contributed by atoms with E-state index in [9.17, 15) is 5.11 Å². The van der Waals surface area contributed by atoms with E-state index in [4.69, 9.17) is 14.5 Å². The molecule has 0 unspecified atom stereocenters. The zero-order valence-corrected chi connectivity index (χ0v) is 18.1. The van der Waals surface area contributed by atoms with Crippen LogP contribution in [0.4, 0.5) is 0 Å². The Kier molecular flexibility index (Phi) is 4.54. The number of ether oxygens (including phenoxy) is 2. The van der Waals surface area contributed by atoms with E-state index in [0.29, 0.717) is 12.5 Å². The molecule has 2 atom stereocenters. The molecule has 0 spiro atoms. The number of nitrogens with zero attached hydrogens (tertiary/aromatic N) is 1. The molecule has 0 aromatic heterocycles. The van der Waals surface area contributed by atoms with Crippen LogP contribution >= 0.6 is 0 Å². The molecule has 158 valence electrons. The minimum atomic E-state index is -1.48. The lowest BCUT2D eigenvalue weighted by Gasteiger charge is -2.35. The van der Waals surface area contributed by atoms with Gasteiger partial charge in [-0.3, -0.25) is 0 Å². The van der Waals surface area contributed by atoms with Crippen LogP contribution in [0.3, 0.4) is 0 Å². The highest BCUT2D eigenvalue weighted by atomic mass is 16.7. The quantitative estimate of drug-likeness (QED) is 0.602.